The molecule has 0 fully saturated rings. The lowest BCUT2D eigenvalue weighted by molar-refractivity contribution is 0.220. The van der Waals surface area contributed by atoms with Crippen LogP contribution in [0.25, 0.3) is 0 Å². The molecule has 0 aromatic heterocycles. The molecule has 21 heavy (non-hydrogen) atoms. The normalized spacial score (nSPS) is 12.2. The van der Waals surface area contributed by atoms with Crippen LogP contribution in [0.15, 0.2) is 42.5 Å². The van der Waals surface area contributed by atoms with Gasteiger partial charge >= 0.3 is 0 Å². The van der Waals surface area contributed by atoms with E-state index in [4.69, 9.17) is 16.3 Å². The number of rotatable bonds is 6. The first-order valence-electron chi connectivity index (χ1n) is 7.28. The van der Waals surface area contributed by atoms with Gasteiger partial charge in [-0.3, -0.25) is 0 Å². The number of hydrogen-bond donors (Lipinski definition) is 1. The standard InChI is InChI=1S/C18H21ClO2/c1-3-4-11-21-16-9-7-14(8-10-16)18(20)15-6-5-13(2)17(19)12-15/h5-10,12,18,20H,3-4,11H2,1-2H3. The molecule has 0 radical (unpaired) electrons. The van der Waals surface area contributed by atoms with Crippen LogP contribution in [0.3, 0.4) is 0 Å². The van der Waals surface area contributed by atoms with Gasteiger partial charge in [0, 0.05) is 5.02 Å². The van der Waals surface area contributed by atoms with E-state index in [9.17, 15) is 5.11 Å². The number of unbranched alkanes of at least 4 members (excludes halogenated alkanes) is 1. The molecule has 0 saturated carbocycles. The molecular formula is C18H21ClO2. The second-order valence-corrected chi connectivity index (χ2v) is 5.59. The van der Waals surface area contributed by atoms with Crippen molar-refractivity contribution in [1.82, 2.24) is 0 Å². The van der Waals surface area contributed by atoms with Crippen molar-refractivity contribution in [2.45, 2.75) is 32.8 Å². The summed E-state index contributed by atoms with van der Waals surface area (Å²) in [5, 5.41) is 11.1. The van der Waals surface area contributed by atoms with E-state index in [1.165, 1.54) is 0 Å². The van der Waals surface area contributed by atoms with Gasteiger partial charge in [0.2, 0.25) is 0 Å². The first-order valence-corrected chi connectivity index (χ1v) is 7.66. The fourth-order valence-electron chi connectivity index (χ4n) is 2.05. The molecule has 0 amide bonds. The summed E-state index contributed by atoms with van der Waals surface area (Å²) < 4.78 is 5.62. The maximum absolute atomic E-state index is 10.4. The van der Waals surface area contributed by atoms with Crippen molar-refractivity contribution in [1.29, 1.82) is 0 Å². The quantitative estimate of drug-likeness (QED) is 0.768. The third kappa shape index (κ3) is 4.23. The molecule has 1 unspecified atom stereocenters. The van der Waals surface area contributed by atoms with Gasteiger partial charge in [-0.05, 0) is 48.2 Å². The summed E-state index contributed by atoms with van der Waals surface area (Å²) in [5.41, 5.74) is 2.63. The zero-order valence-corrected chi connectivity index (χ0v) is 13.2. The number of aliphatic hydroxyl groups excluding tert-OH is 1. The highest BCUT2D eigenvalue weighted by Crippen LogP contribution is 2.27. The minimum absolute atomic E-state index is 0.672. The van der Waals surface area contributed by atoms with Gasteiger partial charge in [-0.15, -0.1) is 0 Å². The molecule has 0 aliphatic rings. The third-order valence-electron chi connectivity index (χ3n) is 3.47. The molecule has 2 aromatic rings. The van der Waals surface area contributed by atoms with Crippen molar-refractivity contribution in [3.8, 4) is 5.75 Å². The maximum Gasteiger partial charge on any atom is 0.119 e. The highest BCUT2D eigenvalue weighted by molar-refractivity contribution is 6.31. The number of benzene rings is 2. The molecule has 0 heterocycles. The zero-order chi connectivity index (χ0) is 15.2. The first kappa shape index (κ1) is 15.9. The predicted molar refractivity (Wildman–Crippen MR) is 87.1 cm³/mol. The number of aliphatic hydroxyl groups is 1. The van der Waals surface area contributed by atoms with Crippen molar-refractivity contribution < 1.29 is 9.84 Å². The van der Waals surface area contributed by atoms with Gasteiger partial charge < -0.3 is 9.84 Å². The molecular weight excluding hydrogens is 284 g/mol. The zero-order valence-electron chi connectivity index (χ0n) is 12.5. The lowest BCUT2D eigenvalue weighted by atomic mass is 10.0. The Balaban J connectivity index is 2.08. The maximum atomic E-state index is 10.4. The van der Waals surface area contributed by atoms with Crippen LogP contribution < -0.4 is 4.74 Å². The van der Waals surface area contributed by atoms with Crippen LogP contribution in [0.2, 0.25) is 5.02 Å². The Labute approximate surface area is 131 Å². The Morgan fingerprint density at radius 2 is 1.76 bits per heavy atom. The van der Waals surface area contributed by atoms with E-state index in [0.717, 1.165) is 41.9 Å². The van der Waals surface area contributed by atoms with Crippen molar-refractivity contribution in [2.75, 3.05) is 6.61 Å². The van der Waals surface area contributed by atoms with Gasteiger partial charge in [0.05, 0.1) is 6.61 Å². The van der Waals surface area contributed by atoms with Crippen molar-refractivity contribution in [3.05, 3.63) is 64.2 Å². The predicted octanol–water partition coefficient (Wildman–Crippen LogP) is 4.91. The average molecular weight is 305 g/mol. The van der Waals surface area contributed by atoms with E-state index in [1.54, 1.807) is 0 Å². The van der Waals surface area contributed by atoms with Crippen molar-refractivity contribution in [2.24, 2.45) is 0 Å². The van der Waals surface area contributed by atoms with Crippen molar-refractivity contribution >= 4 is 11.6 Å². The lowest BCUT2D eigenvalue weighted by Gasteiger charge is -2.13. The van der Waals surface area contributed by atoms with Crippen LogP contribution in [0.5, 0.6) is 5.75 Å². The molecule has 112 valence electrons. The van der Waals surface area contributed by atoms with Crippen molar-refractivity contribution in [3.63, 3.8) is 0 Å². The van der Waals surface area contributed by atoms with Gasteiger partial charge in [-0.2, -0.15) is 0 Å². The molecule has 0 aliphatic heterocycles. The molecule has 0 saturated heterocycles. The van der Waals surface area contributed by atoms with Gasteiger partial charge in [0.1, 0.15) is 11.9 Å². The van der Waals surface area contributed by atoms with Crippen LogP contribution >= 0.6 is 11.6 Å². The summed E-state index contributed by atoms with van der Waals surface area (Å²) in [6, 6.07) is 13.2. The van der Waals surface area contributed by atoms with Crippen LogP contribution in [0.4, 0.5) is 0 Å². The fourth-order valence-corrected chi connectivity index (χ4v) is 2.24. The van der Waals surface area contributed by atoms with E-state index < -0.39 is 6.10 Å². The highest BCUT2D eigenvalue weighted by Gasteiger charge is 2.11. The molecule has 3 heteroatoms. The summed E-state index contributed by atoms with van der Waals surface area (Å²) in [7, 11) is 0. The molecule has 0 aliphatic carbocycles. The molecule has 0 bridgehead atoms. The second-order valence-electron chi connectivity index (χ2n) is 5.18. The van der Waals surface area contributed by atoms with Crippen LogP contribution in [0, 0.1) is 6.92 Å². The summed E-state index contributed by atoms with van der Waals surface area (Å²) >= 11 is 6.11. The summed E-state index contributed by atoms with van der Waals surface area (Å²) in [6.45, 7) is 4.81. The Morgan fingerprint density at radius 3 is 2.38 bits per heavy atom. The fraction of sp³-hybridized carbons (Fsp3) is 0.333. The first-order chi connectivity index (χ1) is 10.1. The summed E-state index contributed by atoms with van der Waals surface area (Å²) in [4.78, 5) is 0. The highest BCUT2D eigenvalue weighted by atomic mass is 35.5. The Kier molecular flexibility index (Phi) is 5.66. The Hall–Kier alpha value is -1.51. The molecule has 2 nitrogen and oxygen atoms in total. The second kappa shape index (κ2) is 7.48. The molecule has 1 N–H and O–H groups in total. The Morgan fingerprint density at radius 1 is 1.10 bits per heavy atom. The molecule has 0 spiro atoms. The van der Waals surface area contributed by atoms with E-state index in [-0.39, 0.29) is 0 Å². The van der Waals surface area contributed by atoms with Gasteiger partial charge in [-0.1, -0.05) is 49.2 Å². The van der Waals surface area contributed by atoms with E-state index in [2.05, 4.69) is 6.92 Å². The van der Waals surface area contributed by atoms with Crippen LogP contribution in [-0.2, 0) is 0 Å². The summed E-state index contributed by atoms with van der Waals surface area (Å²) in [6.07, 6.45) is 1.49. The average Bonchev–Trinajstić information content (AvgIpc) is 2.50. The van der Waals surface area contributed by atoms with E-state index in [0.29, 0.717) is 5.02 Å². The topological polar surface area (TPSA) is 29.5 Å². The number of ether oxygens (including phenoxy) is 1. The number of hydrogen-bond acceptors (Lipinski definition) is 2. The number of halogens is 1. The lowest BCUT2D eigenvalue weighted by Crippen LogP contribution is -2.01. The monoisotopic (exact) mass is 304 g/mol. The van der Waals surface area contributed by atoms with Gasteiger partial charge in [-0.25, -0.2) is 0 Å². The molecule has 2 rings (SSSR count). The molecule has 1 atom stereocenters. The minimum atomic E-state index is -0.673. The number of aryl methyl sites for hydroxylation is 1. The summed E-state index contributed by atoms with van der Waals surface area (Å²) in [5.74, 6) is 0.835. The molecule has 2 aromatic carbocycles. The largest absolute Gasteiger partial charge is 0.494 e. The van der Waals surface area contributed by atoms with Gasteiger partial charge in [0.15, 0.2) is 0 Å². The smallest absolute Gasteiger partial charge is 0.119 e. The van der Waals surface area contributed by atoms with Crippen LogP contribution in [0.1, 0.15) is 42.6 Å². The van der Waals surface area contributed by atoms with E-state index >= 15 is 0 Å². The van der Waals surface area contributed by atoms with Crippen LogP contribution in [-0.4, -0.2) is 11.7 Å². The minimum Gasteiger partial charge on any atom is -0.494 e. The third-order valence-corrected chi connectivity index (χ3v) is 3.88. The Bertz CT molecular complexity index is 578. The SMILES string of the molecule is CCCCOc1ccc(C(O)c2ccc(C)c(Cl)c2)cc1. The van der Waals surface area contributed by atoms with Gasteiger partial charge in [0.25, 0.3) is 0 Å². The van der Waals surface area contributed by atoms with E-state index in [1.807, 2.05) is 49.4 Å².